The molecule has 150 valence electrons. The Balaban J connectivity index is 1.90. The van der Waals surface area contributed by atoms with Gasteiger partial charge in [0.15, 0.2) is 5.13 Å². The highest BCUT2D eigenvalue weighted by molar-refractivity contribution is 7.93. The smallest absolute Gasteiger partial charge is 0.266 e. The van der Waals surface area contributed by atoms with E-state index in [9.17, 15) is 12.8 Å². The number of rotatable bonds is 12. The maximum Gasteiger partial charge on any atom is 0.266 e. The van der Waals surface area contributed by atoms with Crippen molar-refractivity contribution in [2.75, 3.05) is 43.3 Å². The van der Waals surface area contributed by atoms with Gasteiger partial charge in [-0.2, -0.15) is 0 Å². The fourth-order valence-electron chi connectivity index (χ4n) is 2.25. The van der Waals surface area contributed by atoms with Gasteiger partial charge in [-0.15, -0.1) is 11.3 Å². The van der Waals surface area contributed by atoms with Crippen molar-refractivity contribution in [2.24, 2.45) is 0 Å². The summed E-state index contributed by atoms with van der Waals surface area (Å²) in [6, 6.07) is 2.21. The average molecular weight is 436 g/mol. The van der Waals surface area contributed by atoms with Crippen molar-refractivity contribution >= 4 is 43.8 Å². The lowest BCUT2D eigenvalue weighted by atomic mass is 10.2. The predicted octanol–water partition coefficient (Wildman–Crippen LogP) is 2.74. The van der Waals surface area contributed by atoms with Gasteiger partial charge < -0.3 is 16.0 Å². The molecule has 11 heteroatoms. The summed E-state index contributed by atoms with van der Waals surface area (Å²) in [4.78, 5) is 3.32. The quantitative estimate of drug-likeness (QED) is 0.383. The highest BCUT2D eigenvalue weighted by atomic mass is 35.5. The summed E-state index contributed by atoms with van der Waals surface area (Å²) in [7, 11) is -2.19. The van der Waals surface area contributed by atoms with Crippen LogP contribution < -0.4 is 20.7 Å². The molecular formula is C16H23ClFN5O2S2. The van der Waals surface area contributed by atoms with Crippen molar-refractivity contribution in [2.45, 2.75) is 17.7 Å². The molecule has 1 heterocycles. The van der Waals surface area contributed by atoms with E-state index >= 15 is 0 Å². The first-order chi connectivity index (χ1) is 12.9. The molecule has 0 saturated carbocycles. The molecule has 0 unspecified atom stereocenters. The van der Waals surface area contributed by atoms with E-state index in [1.165, 1.54) is 6.20 Å². The van der Waals surface area contributed by atoms with E-state index in [-0.39, 0.29) is 10.2 Å². The molecule has 0 radical (unpaired) electrons. The van der Waals surface area contributed by atoms with Crippen LogP contribution in [0.5, 0.6) is 0 Å². The molecule has 2 rings (SSSR count). The second-order valence-electron chi connectivity index (χ2n) is 5.69. The molecule has 0 aliphatic rings. The summed E-state index contributed by atoms with van der Waals surface area (Å²) in [5.41, 5.74) is 0.366. The van der Waals surface area contributed by atoms with Crippen molar-refractivity contribution < 1.29 is 12.8 Å². The molecule has 0 fully saturated rings. The van der Waals surface area contributed by atoms with E-state index in [4.69, 9.17) is 11.6 Å². The Morgan fingerprint density at radius 3 is 2.67 bits per heavy atom. The number of unbranched alkanes of at least 4 members (excludes halogenated alkanes) is 1. The van der Waals surface area contributed by atoms with Crippen LogP contribution in [0.3, 0.4) is 0 Å². The summed E-state index contributed by atoms with van der Waals surface area (Å²) in [5.74, 6) is -0.875. The van der Waals surface area contributed by atoms with E-state index in [1.54, 1.807) is 5.38 Å². The highest BCUT2D eigenvalue weighted by Gasteiger charge is 2.22. The summed E-state index contributed by atoms with van der Waals surface area (Å²) < 4.78 is 41.2. The highest BCUT2D eigenvalue weighted by Crippen LogP contribution is 2.29. The molecule has 27 heavy (non-hydrogen) atoms. The zero-order valence-electron chi connectivity index (χ0n) is 14.9. The van der Waals surface area contributed by atoms with Gasteiger partial charge in [0, 0.05) is 31.2 Å². The summed E-state index contributed by atoms with van der Waals surface area (Å²) in [6.45, 7) is 3.33. The first-order valence-corrected chi connectivity index (χ1v) is 11.2. The number of nitrogens with one attached hydrogen (secondary N) is 4. The number of thiazole rings is 1. The molecule has 0 aliphatic carbocycles. The van der Waals surface area contributed by atoms with Gasteiger partial charge in [0.1, 0.15) is 10.7 Å². The van der Waals surface area contributed by atoms with Crippen molar-refractivity contribution in [3.05, 3.63) is 34.5 Å². The van der Waals surface area contributed by atoms with Crippen LogP contribution in [0.1, 0.15) is 12.8 Å². The largest absolute Gasteiger partial charge is 0.384 e. The van der Waals surface area contributed by atoms with Crippen LogP contribution in [0, 0.1) is 5.82 Å². The molecule has 2 aromatic rings. The fourth-order valence-corrected chi connectivity index (χ4v) is 4.42. The van der Waals surface area contributed by atoms with Crippen molar-refractivity contribution in [3.63, 3.8) is 0 Å². The fraction of sp³-hybridized carbons (Fsp3) is 0.438. The molecule has 1 aromatic carbocycles. The lowest BCUT2D eigenvalue weighted by molar-refractivity contribution is 0.570. The van der Waals surface area contributed by atoms with Crippen LogP contribution >= 0.6 is 22.9 Å². The Kier molecular flexibility index (Phi) is 8.71. The molecule has 7 nitrogen and oxygen atoms in total. The second kappa shape index (κ2) is 10.8. The zero-order chi connectivity index (χ0) is 19.7. The van der Waals surface area contributed by atoms with Crippen molar-refractivity contribution in [1.82, 2.24) is 15.6 Å². The van der Waals surface area contributed by atoms with Gasteiger partial charge in [-0.05, 0) is 38.6 Å². The lowest BCUT2D eigenvalue weighted by Crippen LogP contribution is -2.25. The first-order valence-electron chi connectivity index (χ1n) is 8.44. The minimum atomic E-state index is -4.10. The summed E-state index contributed by atoms with van der Waals surface area (Å²) in [5, 5.41) is 11.3. The number of aromatic nitrogens is 1. The van der Waals surface area contributed by atoms with E-state index in [2.05, 4.69) is 25.7 Å². The van der Waals surface area contributed by atoms with E-state index < -0.39 is 20.7 Å². The maximum atomic E-state index is 14.4. The van der Waals surface area contributed by atoms with Gasteiger partial charge in [-0.25, -0.2) is 17.8 Å². The van der Waals surface area contributed by atoms with Gasteiger partial charge >= 0.3 is 0 Å². The Bertz CT molecular complexity index is 818. The number of anilines is 2. The molecule has 0 spiro atoms. The number of nitrogens with zero attached hydrogens (tertiary/aromatic N) is 1. The number of hydrogen-bond acceptors (Lipinski definition) is 7. The number of benzene rings is 1. The third kappa shape index (κ3) is 6.89. The molecule has 4 N–H and O–H groups in total. The summed E-state index contributed by atoms with van der Waals surface area (Å²) in [6.07, 6.45) is 3.28. The van der Waals surface area contributed by atoms with Crippen LogP contribution in [0.2, 0.25) is 5.02 Å². The monoisotopic (exact) mass is 435 g/mol. The Labute approximate surface area is 167 Å². The number of sulfonamides is 1. The molecule has 1 aromatic heterocycles. The number of likely N-dealkylation sites (N-methyl/N-ethyl adjacent to an activating group) is 1. The van der Waals surface area contributed by atoms with Crippen LogP contribution in [-0.2, 0) is 10.0 Å². The average Bonchev–Trinajstić information content (AvgIpc) is 3.11. The maximum absolute atomic E-state index is 14.4. The van der Waals surface area contributed by atoms with Crippen LogP contribution in [0.25, 0.3) is 0 Å². The minimum absolute atomic E-state index is 0.142. The van der Waals surface area contributed by atoms with Crippen molar-refractivity contribution in [3.8, 4) is 0 Å². The first kappa shape index (κ1) is 21.8. The number of hydrogen-bond donors (Lipinski definition) is 4. The van der Waals surface area contributed by atoms with Crippen molar-refractivity contribution in [1.29, 1.82) is 0 Å². The van der Waals surface area contributed by atoms with Gasteiger partial charge in [0.2, 0.25) is 0 Å². The predicted molar refractivity (Wildman–Crippen MR) is 109 cm³/mol. The Morgan fingerprint density at radius 1 is 1.19 bits per heavy atom. The van der Waals surface area contributed by atoms with E-state index in [1.807, 2.05) is 7.05 Å². The molecular weight excluding hydrogens is 413 g/mol. The zero-order valence-corrected chi connectivity index (χ0v) is 17.3. The SMILES string of the molecule is CNCCNCCCCNc1cc(F)c(S(=O)(=O)Nc2nccs2)cc1Cl. The molecule has 0 aliphatic heterocycles. The third-order valence-corrected chi connectivity index (χ3v) is 6.10. The molecule has 0 saturated heterocycles. The van der Waals surface area contributed by atoms with Gasteiger partial charge in [0.25, 0.3) is 10.0 Å². The topological polar surface area (TPSA) is 95.1 Å². The van der Waals surface area contributed by atoms with Gasteiger partial charge in [0.05, 0.1) is 10.7 Å². The third-order valence-electron chi connectivity index (χ3n) is 3.61. The van der Waals surface area contributed by atoms with E-state index in [0.29, 0.717) is 12.2 Å². The van der Waals surface area contributed by atoms with E-state index in [0.717, 1.165) is 55.9 Å². The van der Waals surface area contributed by atoms with Gasteiger partial charge in [-0.1, -0.05) is 11.6 Å². The van der Waals surface area contributed by atoms with Crippen LogP contribution in [0.15, 0.2) is 28.6 Å². The number of halogens is 2. The molecule has 0 atom stereocenters. The Hall–Kier alpha value is -1.46. The molecule has 0 bridgehead atoms. The van der Waals surface area contributed by atoms with Crippen LogP contribution in [0.4, 0.5) is 15.2 Å². The summed E-state index contributed by atoms with van der Waals surface area (Å²) >= 11 is 7.23. The molecule has 0 amide bonds. The van der Waals surface area contributed by atoms with Gasteiger partial charge in [-0.3, -0.25) is 4.72 Å². The lowest BCUT2D eigenvalue weighted by Gasteiger charge is -2.12. The standard InChI is InChI=1S/C16H23ClFN5O2S2/c1-19-6-7-20-4-2-3-5-21-14-11-13(18)15(10-12(14)17)27(24,25)23-16-22-8-9-26-16/h8-11,19-21H,2-7H2,1H3,(H,22,23). The Morgan fingerprint density at radius 2 is 1.96 bits per heavy atom. The normalized spacial score (nSPS) is 11.5. The van der Waals surface area contributed by atoms with Crippen LogP contribution in [-0.4, -0.2) is 46.6 Å². The minimum Gasteiger partial charge on any atom is -0.384 e. The second-order valence-corrected chi connectivity index (χ2v) is 8.65.